The number of amides is 1. The van der Waals surface area contributed by atoms with Gasteiger partial charge in [0.2, 0.25) is 18.4 Å². The van der Waals surface area contributed by atoms with Gasteiger partial charge in [0.05, 0.1) is 62.7 Å². The number of rotatable bonds is 27. The van der Waals surface area contributed by atoms with E-state index in [1.807, 2.05) is 73.6 Å². The van der Waals surface area contributed by atoms with Gasteiger partial charge in [-0.25, -0.2) is 26.3 Å². The van der Waals surface area contributed by atoms with E-state index in [0.717, 1.165) is 16.7 Å². The molecular weight excluding hydrogens is 1030 g/mol. The molecule has 4 N–H and O–H groups in total. The maximum absolute atomic E-state index is 13.3. The number of aliphatic imine (C=N–C) groups is 1. The molecule has 1 amide bonds. The fourth-order valence-electron chi connectivity index (χ4n) is 9.22. The van der Waals surface area contributed by atoms with Crippen LogP contribution in [0.15, 0.2) is 107 Å². The molecule has 0 aliphatic carbocycles. The second kappa shape index (κ2) is 27.3. The predicted octanol–water partition coefficient (Wildman–Crippen LogP) is 8.08. The van der Waals surface area contributed by atoms with E-state index in [4.69, 9.17) is 50.9 Å². The molecule has 23 heteroatoms. The molecule has 20 nitrogen and oxygen atoms in total. The van der Waals surface area contributed by atoms with Crippen LogP contribution >= 0.6 is 15.2 Å². The van der Waals surface area contributed by atoms with Crippen LogP contribution in [0, 0.1) is 23.8 Å². The Morgan fingerprint density at radius 1 is 0.947 bits per heavy atom. The van der Waals surface area contributed by atoms with Crippen molar-refractivity contribution in [1.29, 1.82) is 5.26 Å². The Hall–Kier alpha value is -5.35. The lowest BCUT2D eigenvalue weighted by atomic mass is 9.76. The van der Waals surface area contributed by atoms with Crippen molar-refractivity contribution in [2.45, 2.75) is 115 Å². The van der Waals surface area contributed by atoms with E-state index in [1.165, 1.54) is 6.33 Å². The molecule has 7 rings (SSSR count). The minimum Gasteiger partial charge on any atom is -0.369 e. The van der Waals surface area contributed by atoms with Crippen LogP contribution in [-0.4, -0.2) is 131 Å². The number of hydrogen-bond donors (Lipinski definition) is 4. The van der Waals surface area contributed by atoms with Crippen molar-refractivity contribution in [3.05, 3.63) is 136 Å². The third-order valence-corrected chi connectivity index (χ3v) is 17.4. The zero-order valence-corrected chi connectivity index (χ0v) is 46.9. The number of imidazole rings is 1. The summed E-state index contributed by atoms with van der Waals surface area (Å²) in [5.74, 6) is -0.733. The van der Waals surface area contributed by atoms with Gasteiger partial charge in [-0.1, -0.05) is 105 Å². The minimum absolute atomic E-state index is 0.0000816. The Balaban J connectivity index is 1.24. The second-order valence-electron chi connectivity index (χ2n) is 19.5. The topological polar surface area (TPSA) is 219 Å². The Kier molecular flexibility index (Phi) is 21.0. The first-order chi connectivity index (χ1) is 36.5. The molecule has 2 aliphatic rings. The summed E-state index contributed by atoms with van der Waals surface area (Å²) in [6.45, 7) is 15.9. The van der Waals surface area contributed by atoms with Crippen molar-refractivity contribution >= 4 is 56.3 Å². The number of aromatic amines is 1. The number of anilines is 1. The molecule has 0 radical (unpaired) electrons. The van der Waals surface area contributed by atoms with E-state index in [9.17, 15) is 14.9 Å². The lowest BCUT2D eigenvalue weighted by Gasteiger charge is -2.40. The van der Waals surface area contributed by atoms with Crippen LogP contribution in [0.1, 0.15) is 83.7 Å². The van der Waals surface area contributed by atoms with Crippen molar-refractivity contribution in [2.75, 3.05) is 52.4 Å². The Labute approximate surface area is 451 Å². The highest BCUT2D eigenvalue weighted by Gasteiger charge is 2.46. The van der Waals surface area contributed by atoms with E-state index in [2.05, 4.69) is 110 Å². The van der Waals surface area contributed by atoms with Gasteiger partial charge in [0.1, 0.15) is 12.8 Å². The molecule has 406 valence electrons. The van der Waals surface area contributed by atoms with Gasteiger partial charge in [0.15, 0.2) is 17.4 Å². The average Bonchev–Trinajstić information content (AvgIpc) is 4.15. The number of carbonyl (C=O) groups excluding carboxylic acids is 1. The molecule has 0 saturated carbocycles. The Bertz CT molecular complexity index is 2780. The van der Waals surface area contributed by atoms with Gasteiger partial charge < -0.3 is 37.3 Å². The highest BCUT2D eigenvalue weighted by atomic mass is 32.5. The van der Waals surface area contributed by atoms with Gasteiger partial charge in [-0.3, -0.25) is 29.8 Å². The summed E-state index contributed by atoms with van der Waals surface area (Å²) in [5, 5.41) is 19.8. The van der Waals surface area contributed by atoms with Crippen molar-refractivity contribution < 1.29 is 32.4 Å². The summed E-state index contributed by atoms with van der Waals surface area (Å²) in [6, 6.07) is 32.2. The molecule has 3 aromatic carbocycles. The van der Waals surface area contributed by atoms with Crippen LogP contribution in [0.25, 0.3) is 16.0 Å². The number of nitrogens with zero attached hydrogens (tertiary/aromatic N) is 8. The van der Waals surface area contributed by atoms with Crippen molar-refractivity contribution in [2.24, 2.45) is 10.9 Å². The maximum Gasteiger partial charge on any atom is 0.280 e. The minimum atomic E-state index is -3.57. The SMILES string of the molecule is [C-]#[N+]CCOP(=S)(NC1CC(n2cnc3c(=O)[nH]c(NC(=O)C(C)C)nc32)OC1COP(OCCC#N)N(C(C)C)C(C)C)OCC1OC(N=CN(C)C)CC1NC(c1ccccc1)(c1ccccc1)c1ccccc1. The van der Waals surface area contributed by atoms with Crippen molar-refractivity contribution in [3.8, 4) is 6.07 Å². The second-order valence-corrected chi connectivity index (χ2v) is 24.2. The molecule has 8 atom stereocenters. The lowest BCUT2D eigenvalue weighted by molar-refractivity contribution is -0.118. The zero-order chi connectivity index (χ0) is 54.4. The molecule has 8 unspecified atom stereocenters. The highest BCUT2D eigenvalue weighted by Crippen LogP contribution is 2.50. The first-order valence-corrected chi connectivity index (χ1v) is 29.3. The molecule has 5 aromatic rings. The van der Waals surface area contributed by atoms with Crippen LogP contribution in [0.4, 0.5) is 5.95 Å². The molecule has 2 fully saturated rings. The van der Waals surface area contributed by atoms with Crippen LogP contribution in [0.5, 0.6) is 0 Å². The predicted molar refractivity (Wildman–Crippen MR) is 297 cm³/mol. The molecule has 0 spiro atoms. The molecule has 4 heterocycles. The number of ether oxygens (including phenoxy) is 2. The van der Waals surface area contributed by atoms with Crippen molar-refractivity contribution in [1.82, 2.24) is 39.5 Å². The standard InChI is InChI=1S/C53H70N12O8P2S/c1-36(2)50(66)59-52-58-49-48(51(67)60-52)57-35-64(49)47-31-43(44(73-47)32-69-74(68-28-19-26-54)65(37(3)4)38(5)6)62-75(76,70-29-27-55-7)71-33-45-42(30-46(72-45)56-34-63(8)9)61-53(39-20-13-10-14-21-39,40-22-15-11-16-23-40)41-24-17-12-18-25-41/h10-18,20-25,34-38,42-47,61H,19,27-33H2,1-6,8-9H3,(H,62,76)(H2,58,59,60,66,67). The largest absolute Gasteiger partial charge is 0.369 e. The van der Waals surface area contributed by atoms with E-state index in [-0.39, 0.29) is 92.9 Å². The summed E-state index contributed by atoms with van der Waals surface area (Å²) < 4.78 is 43.7. The lowest BCUT2D eigenvalue weighted by Crippen LogP contribution is -2.53. The van der Waals surface area contributed by atoms with Gasteiger partial charge in [0.25, 0.3) is 20.7 Å². The third kappa shape index (κ3) is 14.6. The number of aromatic nitrogens is 4. The molecule has 2 aromatic heterocycles. The molecule has 2 aliphatic heterocycles. The first kappa shape index (κ1) is 58.3. The number of nitriles is 1. The first-order valence-electron chi connectivity index (χ1n) is 25.5. The summed E-state index contributed by atoms with van der Waals surface area (Å²) in [6.07, 6.45) is 1.43. The quantitative estimate of drug-likeness (QED) is 0.00975. The van der Waals surface area contributed by atoms with Gasteiger partial charge >= 0.3 is 0 Å². The molecule has 0 bridgehead atoms. The Morgan fingerprint density at radius 3 is 2.13 bits per heavy atom. The number of nitrogens with one attached hydrogen (secondary N) is 4. The average molecular weight is 1100 g/mol. The number of H-pyrrole nitrogens is 1. The monoisotopic (exact) mass is 1100 g/mol. The summed E-state index contributed by atoms with van der Waals surface area (Å²) >= 11 is 6.43. The third-order valence-electron chi connectivity index (χ3n) is 12.7. The summed E-state index contributed by atoms with van der Waals surface area (Å²) in [5.41, 5.74) is 1.92. The number of hydrogen-bond acceptors (Lipinski definition) is 15. The number of benzene rings is 3. The zero-order valence-electron chi connectivity index (χ0n) is 44.3. The smallest absolute Gasteiger partial charge is 0.280 e. The fraction of sp³-hybridized carbons (Fsp3) is 0.491. The molecular formula is C53H70N12O8P2S. The molecule has 2 saturated heterocycles. The fourth-order valence-corrected chi connectivity index (χ4v) is 13.2. The van der Waals surface area contributed by atoms with Crippen LogP contribution in [0.2, 0.25) is 0 Å². The van der Waals surface area contributed by atoms with Gasteiger partial charge in [0, 0.05) is 57.0 Å². The van der Waals surface area contributed by atoms with E-state index >= 15 is 0 Å². The van der Waals surface area contributed by atoms with E-state index in [1.54, 1.807) is 24.8 Å². The van der Waals surface area contributed by atoms with Crippen LogP contribution in [-0.2, 0) is 49.7 Å². The number of fused-ring (bicyclic) bond motifs is 1. The van der Waals surface area contributed by atoms with Gasteiger partial charge in [-0.2, -0.15) is 10.2 Å². The maximum atomic E-state index is 13.3. The van der Waals surface area contributed by atoms with E-state index < -0.39 is 57.0 Å². The van der Waals surface area contributed by atoms with Gasteiger partial charge in [-0.15, -0.1) is 0 Å². The van der Waals surface area contributed by atoms with Crippen LogP contribution < -0.4 is 21.3 Å². The summed E-state index contributed by atoms with van der Waals surface area (Å²) in [7, 11) is 2.12. The van der Waals surface area contributed by atoms with E-state index in [0.29, 0.717) is 6.42 Å². The normalized spacial score (nSPS) is 21.1. The summed E-state index contributed by atoms with van der Waals surface area (Å²) in [4.78, 5) is 47.9. The highest BCUT2D eigenvalue weighted by molar-refractivity contribution is 8.09. The van der Waals surface area contributed by atoms with Gasteiger partial charge in [-0.05, 0) is 56.2 Å². The van der Waals surface area contributed by atoms with Crippen LogP contribution in [0.3, 0.4) is 0 Å². The molecule has 76 heavy (non-hydrogen) atoms. The number of carbonyl (C=O) groups is 1. The van der Waals surface area contributed by atoms with Crippen molar-refractivity contribution in [3.63, 3.8) is 0 Å². The Morgan fingerprint density at radius 2 is 1.57 bits per heavy atom.